The molecular formula is C20H22N2OS. The van der Waals surface area contributed by atoms with Gasteiger partial charge in [-0.05, 0) is 37.3 Å². The Balaban J connectivity index is 1.77. The number of rotatable bonds is 4. The second-order valence-electron chi connectivity index (χ2n) is 6.01. The molecule has 0 saturated carbocycles. The van der Waals surface area contributed by atoms with Crippen molar-refractivity contribution in [1.82, 2.24) is 4.90 Å². The number of aryl methyl sites for hydroxylation is 2. The van der Waals surface area contributed by atoms with Gasteiger partial charge in [-0.25, -0.2) is 0 Å². The normalized spacial score (nSPS) is 10.8. The van der Waals surface area contributed by atoms with Crippen molar-refractivity contribution >= 4 is 34.0 Å². The number of thiocarbonyl (C=S) groups is 1. The molecule has 0 atom stereocenters. The van der Waals surface area contributed by atoms with Crippen LogP contribution in [-0.4, -0.2) is 17.1 Å². The fraction of sp³-hybridized carbons (Fsp3) is 0.250. The van der Waals surface area contributed by atoms with Gasteiger partial charge in [0.05, 0.1) is 0 Å². The van der Waals surface area contributed by atoms with Crippen molar-refractivity contribution in [3.8, 4) is 0 Å². The lowest BCUT2D eigenvalue weighted by molar-refractivity contribution is 0.488. The molecule has 0 aliphatic rings. The molecule has 0 aliphatic heterocycles. The Hall–Kier alpha value is -2.33. The van der Waals surface area contributed by atoms with Gasteiger partial charge >= 0.3 is 0 Å². The van der Waals surface area contributed by atoms with Crippen LogP contribution >= 0.6 is 12.2 Å². The maximum atomic E-state index is 5.97. The first-order chi connectivity index (χ1) is 11.6. The van der Waals surface area contributed by atoms with Crippen LogP contribution in [0.1, 0.15) is 23.8 Å². The third-order valence-electron chi connectivity index (χ3n) is 4.15. The van der Waals surface area contributed by atoms with Gasteiger partial charge in [0.15, 0.2) is 5.11 Å². The highest BCUT2D eigenvalue weighted by Crippen LogP contribution is 2.27. The fourth-order valence-electron chi connectivity index (χ4n) is 2.77. The molecule has 0 bridgehead atoms. The zero-order valence-corrected chi connectivity index (χ0v) is 15.1. The van der Waals surface area contributed by atoms with Gasteiger partial charge < -0.3 is 14.6 Å². The number of benzene rings is 2. The highest BCUT2D eigenvalue weighted by atomic mass is 32.1. The van der Waals surface area contributed by atoms with Crippen LogP contribution in [0.5, 0.6) is 0 Å². The topological polar surface area (TPSA) is 28.4 Å². The number of furan rings is 1. The van der Waals surface area contributed by atoms with Crippen LogP contribution in [0.4, 0.5) is 5.69 Å². The summed E-state index contributed by atoms with van der Waals surface area (Å²) >= 11 is 5.55. The standard InChI is InChI=1S/C20H22N2OS/c1-4-18-17(16-7-5-6-8-19(16)23-18)13-22(3)20(24)21-15-11-9-14(2)10-12-15/h5-12H,4,13H2,1-3H3,(H,21,24). The maximum Gasteiger partial charge on any atom is 0.173 e. The second-order valence-corrected chi connectivity index (χ2v) is 6.39. The molecule has 0 aliphatic carbocycles. The van der Waals surface area contributed by atoms with Crippen LogP contribution in [0, 0.1) is 6.92 Å². The van der Waals surface area contributed by atoms with Crippen LogP contribution in [0.2, 0.25) is 0 Å². The molecule has 4 heteroatoms. The third-order valence-corrected chi connectivity index (χ3v) is 4.56. The van der Waals surface area contributed by atoms with Gasteiger partial charge in [0, 0.05) is 36.7 Å². The summed E-state index contributed by atoms with van der Waals surface area (Å²) in [6.45, 7) is 4.91. The van der Waals surface area contributed by atoms with Crippen molar-refractivity contribution < 1.29 is 4.42 Å². The van der Waals surface area contributed by atoms with E-state index in [-0.39, 0.29) is 0 Å². The lowest BCUT2D eigenvalue weighted by Gasteiger charge is -2.21. The number of hydrogen-bond acceptors (Lipinski definition) is 2. The monoisotopic (exact) mass is 338 g/mol. The SMILES string of the molecule is CCc1oc2ccccc2c1CN(C)C(=S)Nc1ccc(C)cc1. The number of fused-ring (bicyclic) bond motifs is 1. The summed E-state index contributed by atoms with van der Waals surface area (Å²) in [5.41, 5.74) is 4.39. The minimum absolute atomic E-state index is 0.700. The molecule has 0 fully saturated rings. The van der Waals surface area contributed by atoms with Gasteiger partial charge in [0.2, 0.25) is 0 Å². The van der Waals surface area contributed by atoms with Crippen LogP contribution in [0.15, 0.2) is 52.9 Å². The van der Waals surface area contributed by atoms with Crippen LogP contribution < -0.4 is 5.32 Å². The van der Waals surface area contributed by atoms with Crippen molar-refractivity contribution in [1.29, 1.82) is 0 Å². The highest BCUT2D eigenvalue weighted by molar-refractivity contribution is 7.80. The number of nitrogens with zero attached hydrogens (tertiary/aromatic N) is 1. The smallest absolute Gasteiger partial charge is 0.173 e. The molecule has 3 rings (SSSR count). The van der Waals surface area contributed by atoms with E-state index in [4.69, 9.17) is 16.6 Å². The summed E-state index contributed by atoms with van der Waals surface area (Å²) in [5, 5.41) is 5.16. The Morgan fingerprint density at radius 2 is 1.83 bits per heavy atom. The zero-order valence-electron chi connectivity index (χ0n) is 14.3. The van der Waals surface area contributed by atoms with E-state index in [0.717, 1.165) is 30.0 Å². The van der Waals surface area contributed by atoms with E-state index in [1.165, 1.54) is 16.5 Å². The number of nitrogens with one attached hydrogen (secondary N) is 1. The second kappa shape index (κ2) is 7.05. The van der Waals surface area contributed by atoms with E-state index < -0.39 is 0 Å². The van der Waals surface area contributed by atoms with E-state index in [2.05, 4.69) is 37.4 Å². The largest absolute Gasteiger partial charge is 0.461 e. The minimum atomic E-state index is 0.700. The molecule has 24 heavy (non-hydrogen) atoms. The molecule has 1 aromatic heterocycles. The summed E-state index contributed by atoms with van der Waals surface area (Å²) in [6.07, 6.45) is 0.871. The summed E-state index contributed by atoms with van der Waals surface area (Å²) < 4.78 is 5.97. The zero-order chi connectivity index (χ0) is 17.1. The molecule has 0 unspecified atom stereocenters. The van der Waals surface area contributed by atoms with Crippen LogP contribution in [0.25, 0.3) is 11.0 Å². The van der Waals surface area contributed by atoms with E-state index in [9.17, 15) is 0 Å². The molecule has 3 nitrogen and oxygen atoms in total. The summed E-state index contributed by atoms with van der Waals surface area (Å²) in [7, 11) is 2.00. The van der Waals surface area contributed by atoms with Crippen molar-refractivity contribution in [3.05, 3.63) is 65.4 Å². The maximum absolute atomic E-state index is 5.97. The first-order valence-electron chi connectivity index (χ1n) is 8.16. The third kappa shape index (κ3) is 3.44. The Morgan fingerprint density at radius 3 is 2.54 bits per heavy atom. The molecule has 0 saturated heterocycles. The first kappa shape index (κ1) is 16.5. The molecule has 1 N–H and O–H groups in total. The Bertz CT molecular complexity index is 852. The summed E-state index contributed by atoms with van der Waals surface area (Å²) in [4.78, 5) is 2.05. The van der Waals surface area contributed by atoms with Gasteiger partial charge in [-0.15, -0.1) is 0 Å². The number of hydrogen-bond donors (Lipinski definition) is 1. The van der Waals surface area contributed by atoms with Gasteiger partial charge in [0.25, 0.3) is 0 Å². The Kier molecular flexibility index (Phi) is 4.86. The number of anilines is 1. The van der Waals surface area contributed by atoms with Gasteiger partial charge in [-0.2, -0.15) is 0 Å². The highest BCUT2D eigenvalue weighted by Gasteiger charge is 2.15. The van der Waals surface area contributed by atoms with E-state index in [1.807, 2.05) is 42.3 Å². The molecule has 0 amide bonds. The average Bonchev–Trinajstić information content (AvgIpc) is 2.94. The quantitative estimate of drug-likeness (QED) is 0.667. The molecule has 2 aromatic carbocycles. The molecular weight excluding hydrogens is 316 g/mol. The average molecular weight is 338 g/mol. The van der Waals surface area contributed by atoms with E-state index in [1.54, 1.807) is 0 Å². The first-order valence-corrected chi connectivity index (χ1v) is 8.57. The molecule has 124 valence electrons. The lowest BCUT2D eigenvalue weighted by Crippen LogP contribution is -2.30. The summed E-state index contributed by atoms with van der Waals surface area (Å²) in [5.74, 6) is 1.03. The van der Waals surface area contributed by atoms with Gasteiger partial charge in [-0.1, -0.05) is 42.8 Å². The number of para-hydroxylation sites is 1. The minimum Gasteiger partial charge on any atom is -0.461 e. The predicted molar refractivity (Wildman–Crippen MR) is 104 cm³/mol. The Morgan fingerprint density at radius 1 is 1.12 bits per heavy atom. The Labute approximate surface area is 148 Å². The van der Waals surface area contributed by atoms with Crippen molar-refractivity contribution in [2.45, 2.75) is 26.8 Å². The van der Waals surface area contributed by atoms with E-state index in [0.29, 0.717) is 5.11 Å². The lowest BCUT2D eigenvalue weighted by atomic mass is 10.1. The van der Waals surface area contributed by atoms with Crippen molar-refractivity contribution in [2.75, 3.05) is 12.4 Å². The van der Waals surface area contributed by atoms with Crippen molar-refractivity contribution in [3.63, 3.8) is 0 Å². The van der Waals surface area contributed by atoms with Gasteiger partial charge in [0.1, 0.15) is 11.3 Å². The molecule has 1 heterocycles. The van der Waals surface area contributed by atoms with Gasteiger partial charge in [-0.3, -0.25) is 0 Å². The van der Waals surface area contributed by atoms with Crippen LogP contribution in [-0.2, 0) is 13.0 Å². The predicted octanol–water partition coefficient (Wildman–Crippen LogP) is 5.13. The fourth-order valence-corrected chi connectivity index (χ4v) is 2.96. The van der Waals surface area contributed by atoms with Crippen molar-refractivity contribution in [2.24, 2.45) is 0 Å². The van der Waals surface area contributed by atoms with E-state index >= 15 is 0 Å². The molecule has 0 radical (unpaired) electrons. The van der Waals surface area contributed by atoms with Crippen LogP contribution in [0.3, 0.4) is 0 Å². The molecule has 0 spiro atoms. The molecule has 3 aromatic rings. The summed E-state index contributed by atoms with van der Waals surface area (Å²) in [6, 6.07) is 16.4.